The molecule has 1 N–H and O–H groups in total. The van der Waals surface area contributed by atoms with Crippen molar-refractivity contribution in [1.29, 1.82) is 0 Å². The number of carboxylic acid groups (broad SMARTS) is 1. The number of carbonyl (C=O) groups is 1. The minimum absolute atomic E-state index is 0.150. The number of aromatic carboxylic acids is 1. The first-order valence-corrected chi connectivity index (χ1v) is 6.89. The zero-order valence-electron chi connectivity index (χ0n) is 11.3. The van der Waals surface area contributed by atoms with E-state index in [1.165, 1.54) is 10.9 Å². The van der Waals surface area contributed by atoms with Gasteiger partial charge in [-0.05, 0) is 24.1 Å². The van der Waals surface area contributed by atoms with Crippen LogP contribution in [-0.4, -0.2) is 20.9 Å². The van der Waals surface area contributed by atoms with Gasteiger partial charge >= 0.3 is 5.97 Å². The van der Waals surface area contributed by atoms with Crippen molar-refractivity contribution in [2.75, 3.05) is 0 Å². The average Bonchev–Trinajstić information content (AvgIpc) is 2.41. The molecule has 0 unspecified atom stereocenters. The third-order valence-corrected chi connectivity index (χ3v) is 3.48. The van der Waals surface area contributed by atoms with Crippen molar-refractivity contribution in [2.45, 2.75) is 19.8 Å². The summed E-state index contributed by atoms with van der Waals surface area (Å²) in [4.78, 5) is 23.3. The third-order valence-electron chi connectivity index (χ3n) is 2.93. The van der Waals surface area contributed by atoms with Crippen LogP contribution in [0.2, 0.25) is 10.0 Å². The van der Waals surface area contributed by atoms with Crippen LogP contribution in [0.4, 0.5) is 0 Å². The van der Waals surface area contributed by atoms with Gasteiger partial charge in [0.2, 0.25) is 11.1 Å². The van der Waals surface area contributed by atoms with Crippen molar-refractivity contribution < 1.29 is 9.90 Å². The van der Waals surface area contributed by atoms with Gasteiger partial charge in [-0.3, -0.25) is 4.79 Å². The lowest BCUT2D eigenvalue weighted by Gasteiger charge is -2.12. The molecule has 7 heteroatoms. The van der Waals surface area contributed by atoms with E-state index in [1.54, 1.807) is 32.0 Å². The number of hydrogen-bond donors (Lipinski definition) is 1. The summed E-state index contributed by atoms with van der Waals surface area (Å²) in [6, 6.07) is 4.74. The molecule has 110 valence electrons. The largest absolute Gasteiger partial charge is 0.476 e. The molecule has 2 aromatic rings. The maximum Gasteiger partial charge on any atom is 0.360 e. The molecule has 0 amide bonds. The number of carboxylic acids is 1. The summed E-state index contributed by atoms with van der Waals surface area (Å²) in [7, 11) is 0. The SMILES string of the molecule is CC(C)c1cn(-c2cc(Cl)ccc2Cl)nc(C(=O)O)c1=O. The van der Waals surface area contributed by atoms with E-state index in [-0.39, 0.29) is 5.92 Å². The molecular weight excluding hydrogens is 315 g/mol. The van der Waals surface area contributed by atoms with Crippen LogP contribution < -0.4 is 5.43 Å². The zero-order chi connectivity index (χ0) is 15.7. The van der Waals surface area contributed by atoms with Gasteiger partial charge in [0, 0.05) is 16.8 Å². The second-order valence-corrected chi connectivity index (χ2v) is 5.61. The predicted molar refractivity (Wildman–Crippen MR) is 80.9 cm³/mol. The molecule has 0 aliphatic heterocycles. The molecular formula is C14H12Cl2N2O3. The Morgan fingerprint density at radius 1 is 1.33 bits per heavy atom. The summed E-state index contributed by atoms with van der Waals surface area (Å²) in [6.45, 7) is 3.60. The van der Waals surface area contributed by atoms with E-state index in [2.05, 4.69) is 5.10 Å². The van der Waals surface area contributed by atoms with Gasteiger partial charge in [-0.25, -0.2) is 9.48 Å². The highest BCUT2D eigenvalue weighted by molar-refractivity contribution is 6.34. The van der Waals surface area contributed by atoms with Crippen LogP contribution in [-0.2, 0) is 0 Å². The molecule has 0 radical (unpaired) electrons. The van der Waals surface area contributed by atoms with Crippen LogP contribution in [0.1, 0.15) is 35.8 Å². The van der Waals surface area contributed by atoms with Gasteiger partial charge in [0.25, 0.3) is 0 Å². The monoisotopic (exact) mass is 326 g/mol. The van der Waals surface area contributed by atoms with Crippen molar-refractivity contribution in [3.63, 3.8) is 0 Å². The molecule has 0 aliphatic carbocycles. The first kappa shape index (κ1) is 15.5. The normalized spacial score (nSPS) is 10.9. The van der Waals surface area contributed by atoms with E-state index < -0.39 is 17.1 Å². The number of halogens is 2. The Morgan fingerprint density at radius 2 is 2.00 bits per heavy atom. The van der Waals surface area contributed by atoms with E-state index in [9.17, 15) is 9.59 Å². The summed E-state index contributed by atoms with van der Waals surface area (Å²) in [6.07, 6.45) is 1.48. The number of aromatic nitrogens is 2. The minimum Gasteiger partial charge on any atom is -0.476 e. The Bertz CT molecular complexity index is 769. The molecule has 0 aliphatic rings. The van der Waals surface area contributed by atoms with E-state index in [4.69, 9.17) is 28.3 Å². The van der Waals surface area contributed by atoms with Crippen LogP contribution in [0, 0.1) is 0 Å². The van der Waals surface area contributed by atoms with Crippen LogP contribution in [0.5, 0.6) is 0 Å². The zero-order valence-corrected chi connectivity index (χ0v) is 12.8. The Labute approximate surface area is 130 Å². The summed E-state index contributed by atoms with van der Waals surface area (Å²) < 4.78 is 1.27. The molecule has 1 aromatic carbocycles. The molecule has 0 bridgehead atoms. The van der Waals surface area contributed by atoms with Crippen molar-refractivity contribution in [1.82, 2.24) is 9.78 Å². The number of nitrogens with zero attached hydrogens (tertiary/aromatic N) is 2. The van der Waals surface area contributed by atoms with Crippen LogP contribution in [0.15, 0.2) is 29.2 Å². The van der Waals surface area contributed by atoms with Gasteiger partial charge < -0.3 is 5.11 Å². The first-order chi connectivity index (χ1) is 9.81. The van der Waals surface area contributed by atoms with Crippen molar-refractivity contribution in [2.24, 2.45) is 0 Å². The molecule has 5 nitrogen and oxygen atoms in total. The highest BCUT2D eigenvalue weighted by Crippen LogP contribution is 2.24. The molecule has 1 heterocycles. The van der Waals surface area contributed by atoms with Gasteiger partial charge in [-0.1, -0.05) is 37.0 Å². The molecule has 0 saturated heterocycles. The fourth-order valence-corrected chi connectivity index (χ4v) is 2.22. The molecule has 2 rings (SSSR count). The summed E-state index contributed by atoms with van der Waals surface area (Å²) in [5, 5.41) is 13.8. The molecule has 21 heavy (non-hydrogen) atoms. The fourth-order valence-electron chi connectivity index (χ4n) is 1.85. The standard InChI is InChI=1S/C14H12Cl2N2O3/c1-7(2)9-6-18(17-12(13(9)19)14(20)21)11-5-8(15)3-4-10(11)16/h3-7H,1-2H3,(H,20,21). The Morgan fingerprint density at radius 3 is 2.57 bits per heavy atom. The lowest BCUT2D eigenvalue weighted by molar-refractivity contribution is 0.0686. The Balaban J connectivity index is 2.78. The van der Waals surface area contributed by atoms with Crippen molar-refractivity contribution in [3.05, 3.63) is 55.9 Å². The van der Waals surface area contributed by atoms with Gasteiger partial charge in [-0.2, -0.15) is 5.10 Å². The van der Waals surface area contributed by atoms with Gasteiger partial charge in [0.05, 0.1) is 10.7 Å². The maximum absolute atomic E-state index is 12.1. The second-order valence-electron chi connectivity index (χ2n) is 4.76. The van der Waals surface area contributed by atoms with E-state index >= 15 is 0 Å². The van der Waals surface area contributed by atoms with Gasteiger partial charge in [0.15, 0.2) is 0 Å². The second kappa shape index (κ2) is 5.87. The number of hydrogen-bond acceptors (Lipinski definition) is 3. The predicted octanol–water partition coefficient (Wildman–Crippen LogP) is 3.36. The van der Waals surface area contributed by atoms with Crippen LogP contribution >= 0.6 is 23.2 Å². The number of benzene rings is 1. The lowest BCUT2D eigenvalue weighted by Crippen LogP contribution is -2.25. The molecule has 0 spiro atoms. The highest BCUT2D eigenvalue weighted by atomic mass is 35.5. The van der Waals surface area contributed by atoms with Gasteiger partial charge in [0.1, 0.15) is 0 Å². The topological polar surface area (TPSA) is 72.2 Å². The highest BCUT2D eigenvalue weighted by Gasteiger charge is 2.19. The van der Waals surface area contributed by atoms with E-state index in [0.717, 1.165) is 0 Å². The Hall–Kier alpha value is -1.85. The average molecular weight is 327 g/mol. The molecule has 0 fully saturated rings. The molecule has 0 saturated carbocycles. The molecule has 1 aromatic heterocycles. The quantitative estimate of drug-likeness (QED) is 0.938. The third kappa shape index (κ3) is 3.09. The Kier molecular flexibility index (Phi) is 4.34. The summed E-state index contributed by atoms with van der Waals surface area (Å²) >= 11 is 12.0. The smallest absolute Gasteiger partial charge is 0.360 e. The van der Waals surface area contributed by atoms with Crippen LogP contribution in [0.25, 0.3) is 5.69 Å². The lowest BCUT2D eigenvalue weighted by atomic mass is 10.0. The summed E-state index contributed by atoms with van der Waals surface area (Å²) in [5.74, 6) is -1.53. The van der Waals surface area contributed by atoms with Crippen molar-refractivity contribution in [3.8, 4) is 5.69 Å². The van der Waals surface area contributed by atoms with E-state index in [0.29, 0.717) is 21.3 Å². The maximum atomic E-state index is 12.1. The number of rotatable bonds is 3. The first-order valence-electron chi connectivity index (χ1n) is 6.14. The minimum atomic E-state index is -1.38. The fraction of sp³-hybridized carbons (Fsp3) is 0.214. The van der Waals surface area contributed by atoms with Crippen LogP contribution in [0.3, 0.4) is 0 Å². The molecule has 0 atom stereocenters. The summed E-state index contributed by atoms with van der Waals surface area (Å²) in [5.41, 5.74) is -0.379. The van der Waals surface area contributed by atoms with Crippen molar-refractivity contribution >= 4 is 29.2 Å². The van der Waals surface area contributed by atoms with E-state index in [1.807, 2.05) is 0 Å². The van der Waals surface area contributed by atoms with Gasteiger partial charge in [-0.15, -0.1) is 0 Å².